The van der Waals surface area contributed by atoms with Crippen molar-refractivity contribution in [2.24, 2.45) is 5.73 Å². The molecule has 0 aliphatic heterocycles. The number of rotatable bonds is 8. The quantitative estimate of drug-likeness (QED) is 0.470. The largest absolute Gasteiger partial charge is 0.469 e. The van der Waals surface area contributed by atoms with E-state index in [-0.39, 0.29) is 42.3 Å². The van der Waals surface area contributed by atoms with Gasteiger partial charge in [-0.05, 0) is 44.3 Å². The molecule has 3 aliphatic rings. The summed E-state index contributed by atoms with van der Waals surface area (Å²) in [6, 6.07) is 0. The second-order valence-corrected chi connectivity index (χ2v) is 8.11. The summed E-state index contributed by atoms with van der Waals surface area (Å²) in [4.78, 5) is 53.8. The van der Waals surface area contributed by atoms with E-state index in [1.165, 1.54) is 28.1 Å². The molecule has 0 bridgehead atoms. The van der Waals surface area contributed by atoms with Crippen LogP contribution in [0.4, 0.5) is 0 Å². The number of ether oxygens (including phenoxy) is 2. The van der Waals surface area contributed by atoms with Gasteiger partial charge in [-0.25, -0.2) is 0 Å². The van der Waals surface area contributed by atoms with Crippen molar-refractivity contribution < 1.29 is 34.8 Å². The number of hydrogen-bond donors (Lipinski definition) is 1. The Balaban J connectivity index is 0.000000516. The van der Waals surface area contributed by atoms with Gasteiger partial charge in [0.1, 0.15) is 0 Å². The molecule has 0 saturated carbocycles. The molecule has 0 heterocycles. The van der Waals surface area contributed by atoms with Crippen molar-refractivity contribution in [3.63, 3.8) is 0 Å². The van der Waals surface area contributed by atoms with Gasteiger partial charge in [0.25, 0.3) is 0 Å². The Hall–Kier alpha value is -3.81. The van der Waals surface area contributed by atoms with Crippen LogP contribution in [0.3, 0.4) is 0 Å². The highest BCUT2D eigenvalue weighted by Gasteiger charge is 2.15. The first kappa shape index (κ1) is 31.2. The van der Waals surface area contributed by atoms with Crippen molar-refractivity contribution in [3.05, 3.63) is 70.4 Å². The lowest BCUT2D eigenvalue weighted by atomic mass is 10.1. The molecule has 0 atom stereocenters. The highest BCUT2D eigenvalue weighted by atomic mass is 16.5. The fourth-order valence-electron chi connectivity index (χ4n) is 3.25. The zero-order chi connectivity index (χ0) is 29.1. The molecule has 0 aromatic heterocycles. The minimum atomic E-state index is -0.348. The van der Waals surface area contributed by atoms with Crippen molar-refractivity contribution in [1.82, 2.24) is 0 Å². The van der Waals surface area contributed by atoms with Gasteiger partial charge in [0.05, 0.1) is 27.1 Å². The van der Waals surface area contributed by atoms with E-state index < -0.39 is 0 Å². The van der Waals surface area contributed by atoms with Crippen molar-refractivity contribution in [3.8, 4) is 0 Å². The predicted octanol–water partition coefficient (Wildman–Crippen LogP) is 4.56. The number of hydrogen-bond acceptors (Lipinski definition) is 7. The summed E-state index contributed by atoms with van der Waals surface area (Å²) in [5.41, 5.74) is 9.52. The van der Waals surface area contributed by atoms with Crippen LogP contribution in [0, 0.1) is 0 Å². The number of Topliss-reactive ketones (excluding diaryl/α,β-unsaturated/α-hetero) is 2. The van der Waals surface area contributed by atoms with Crippen LogP contribution >= 0.6 is 0 Å². The average molecular weight is 515 g/mol. The molecule has 37 heavy (non-hydrogen) atoms. The minimum Gasteiger partial charge on any atom is -0.469 e. The molecule has 2 N–H and O–H groups in total. The van der Waals surface area contributed by atoms with E-state index in [1.54, 1.807) is 25.2 Å². The van der Waals surface area contributed by atoms with Gasteiger partial charge >= 0.3 is 11.9 Å². The van der Waals surface area contributed by atoms with Crippen LogP contribution in [0.2, 0.25) is 0 Å². The highest BCUT2D eigenvalue weighted by Crippen LogP contribution is 2.23. The summed E-state index contributed by atoms with van der Waals surface area (Å²) in [5, 5.41) is 0. The standard InChI is InChI=1S/C10H12O3.C9H11NO2.C8H10O2.C2H6/c1-7(11)9-4-3-8(5-9)6-10(12)13-2;1-6(11)8-3-2-7(4-8)5-9(10)12;1-10-8(9)6-7-4-2-3-5-7;1-2/h3-4H,5-6H2,1-2H3;2-3H,4-5H2,1H3,(H2,10,12);2-4H,5-6H2,1H3;1-2H3/i;;;1D. The molecule has 3 aliphatic carbocycles. The first-order valence-electron chi connectivity index (χ1n) is 12.5. The van der Waals surface area contributed by atoms with Gasteiger partial charge in [0.15, 0.2) is 11.6 Å². The molecular weight excluding hydrogens is 474 g/mol. The molecule has 0 aromatic carbocycles. The molecule has 8 nitrogen and oxygen atoms in total. The van der Waals surface area contributed by atoms with Gasteiger partial charge in [-0.1, -0.05) is 73.1 Å². The number of amides is 1. The third-order valence-corrected chi connectivity index (χ3v) is 5.23. The Morgan fingerprint density at radius 1 is 0.784 bits per heavy atom. The summed E-state index contributed by atoms with van der Waals surface area (Å²) in [5.74, 6) is -0.638. The monoisotopic (exact) mass is 514 g/mol. The lowest BCUT2D eigenvalue weighted by Gasteiger charge is -2.01. The van der Waals surface area contributed by atoms with Gasteiger partial charge < -0.3 is 15.2 Å². The van der Waals surface area contributed by atoms with Crippen LogP contribution < -0.4 is 5.73 Å². The summed E-state index contributed by atoms with van der Waals surface area (Å²) in [7, 11) is 2.77. The number of ketones is 2. The minimum absolute atomic E-state index is 0.0609. The van der Waals surface area contributed by atoms with Crippen LogP contribution in [0.5, 0.6) is 0 Å². The fourth-order valence-corrected chi connectivity index (χ4v) is 3.25. The Kier molecular flexibility index (Phi) is 15.6. The van der Waals surface area contributed by atoms with E-state index in [2.05, 4.69) is 9.47 Å². The van der Waals surface area contributed by atoms with Gasteiger partial charge in [-0.2, -0.15) is 0 Å². The summed E-state index contributed by atoms with van der Waals surface area (Å²) < 4.78 is 15.2. The van der Waals surface area contributed by atoms with E-state index >= 15 is 0 Å². The van der Waals surface area contributed by atoms with Crippen molar-refractivity contribution in [2.45, 2.75) is 66.2 Å². The lowest BCUT2D eigenvalue weighted by Crippen LogP contribution is -2.11. The van der Waals surface area contributed by atoms with Gasteiger partial charge in [-0.15, -0.1) is 0 Å². The number of methoxy groups -OCH3 is 2. The first-order valence-corrected chi connectivity index (χ1v) is 11.8. The molecule has 202 valence electrons. The second-order valence-electron chi connectivity index (χ2n) is 8.11. The Morgan fingerprint density at radius 2 is 1.22 bits per heavy atom. The third kappa shape index (κ3) is 14.4. The Labute approximate surface area is 221 Å². The molecule has 0 saturated heterocycles. The van der Waals surface area contributed by atoms with E-state index in [0.717, 1.165) is 34.3 Å². The van der Waals surface area contributed by atoms with Crippen LogP contribution in [0.15, 0.2) is 70.4 Å². The fraction of sp³-hybridized carbons (Fsp3) is 0.414. The molecule has 0 spiro atoms. The maximum absolute atomic E-state index is 10.9. The zero-order valence-electron chi connectivity index (χ0n) is 23.4. The number of carbonyl (C=O) groups excluding carboxylic acids is 5. The predicted molar refractivity (Wildman–Crippen MR) is 143 cm³/mol. The maximum Gasteiger partial charge on any atom is 0.309 e. The van der Waals surface area contributed by atoms with E-state index in [1.807, 2.05) is 24.3 Å². The van der Waals surface area contributed by atoms with Gasteiger partial charge in [-0.3, -0.25) is 24.0 Å². The second kappa shape index (κ2) is 18.5. The first-order chi connectivity index (χ1) is 18.0. The summed E-state index contributed by atoms with van der Waals surface area (Å²) >= 11 is 0. The molecular formula is C29H39NO7. The molecule has 0 aromatic rings. The SMILES string of the molecule is CC(=O)C1=CC=C(CC(N)=O)C1.COC(=O)CC1=CC=C(C(C)=O)C1.COC(=O)CC1=CC=CC1.[2H]CC. The van der Waals surface area contributed by atoms with Crippen molar-refractivity contribution >= 4 is 29.4 Å². The molecule has 0 fully saturated rings. The lowest BCUT2D eigenvalue weighted by molar-refractivity contribution is -0.140. The molecule has 0 unspecified atom stereocenters. The van der Waals surface area contributed by atoms with E-state index in [9.17, 15) is 24.0 Å². The number of nitrogens with two attached hydrogens (primary N) is 1. The van der Waals surface area contributed by atoms with Crippen LogP contribution in [0.25, 0.3) is 0 Å². The average Bonchev–Trinajstić information content (AvgIpc) is 3.62. The van der Waals surface area contributed by atoms with Crippen LogP contribution in [-0.4, -0.2) is 43.6 Å². The Bertz CT molecular complexity index is 1060. The summed E-state index contributed by atoms with van der Waals surface area (Å²) in [6.07, 6.45) is 16.1. The van der Waals surface area contributed by atoms with E-state index in [4.69, 9.17) is 7.10 Å². The topological polar surface area (TPSA) is 130 Å². The van der Waals surface area contributed by atoms with Crippen LogP contribution in [0.1, 0.15) is 67.6 Å². The zero-order valence-corrected chi connectivity index (χ0v) is 22.4. The highest BCUT2D eigenvalue weighted by molar-refractivity contribution is 5.95. The number of primary amides is 1. The molecule has 8 heteroatoms. The summed E-state index contributed by atoms with van der Waals surface area (Å²) in [6.45, 7) is 5.34. The Morgan fingerprint density at radius 3 is 1.54 bits per heavy atom. The normalized spacial score (nSPS) is 14.8. The van der Waals surface area contributed by atoms with Crippen LogP contribution in [-0.2, 0) is 33.4 Å². The van der Waals surface area contributed by atoms with Crippen molar-refractivity contribution in [2.75, 3.05) is 14.2 Å². The number of allylic oxidation sites excluding steroid dienone is 9. The molecule has 1 amide bonds. The van der Waals surface area contributed by atoms with Gasteiger partial charge in [0.2, 0.25) is 5.91 Å². The van der Waals surface area contributed by atoms with Crippen molar-refractivity contribution in [1.29, 1.82) is 0 Å². The van der Waals surface area contributed by atoms with Gasteiger partial charge in [0, 0.05) is 7.79 Å². The molecule has 0 radical (unpaired) electrons. The number of esters is 2. The third-order valence-electron chi connectivity index (χ3n) is 5.23. The number of carbonyl (C=O) groups is 5. The molecule has 3 rings (SSSR count). The van der Waals surface area contributed by atoms with E-state index in [0.29, 0.717) is 26.2 Å². The maximum atomic E-state index is 10.9. The smallest absolute Gasteiger partial charge is 0.309 e.